The number of hydrogen-bond donors (Lipinski definition) is 0. The van der Waals surface area contributed by atoms with E-state index in [0.29, 0.717) is 17.5 Å². The molecule has 0 unspecified atom stereocenters. The molecule has 0 atom stereocenters. The minimum absolute atomic E-state index is 0.593. The van der Waals surface area contributed by atoms with Crippen molar-refractivity contribution >= 4 is 96.8 Å². The molecule has 0 aliphatic carbocycles. The summed E-state index contributed by atoms with van der Waals surface area (Å²) < 4.78 is 11.6. The van der Waals surface area contributed by atoms with Gasteiger partial charge in [0.25, 0.3) is 0 Å². The maximum Gasteiger partial charge on any atom is 0.164 e. The Hall–Kier alpha value is -8.45. The third kappa shape index (κ3) is 5.54. The van der Waals surface area contributed by atoms with Crippen molar-refractivity contribution in [2.75, 3.05) is 0 Å². The fourth-order valence-corrected chi connectivity index (χ4v) is 11.2. The van der Waals surface area contributed by atoms with Crippen LogP contribution in [0.3, 0.4) is 0 Å². The van der Waals surface area contributed by atoms with E-state index >= 15 is 0 Å². The van der Waals surface area contributed by atoms with E-state index in [4.69, 9.17) is 19.4 Å². The number of para-hydroxylation sites is 1. The summed E-state index contributed by atoms with van der Waals surface area (Å²) in [6.45, 7) is 0. The van der Waals surface area contributed by atoms with E-state index in [-0.39, 0.29) is 0 Å². The lowest BCUT2D eigenvalue weighted by Crippen LogP contribution is -2.02. The van der Waals surface area contributed by atoms with Crippen LogP contribution in [0.1, 0.15) is 0 Å². The Kier molecular flexibility index (Phi) is 7.79. The van der Waals surface area contributed by atoms with Gasteiger partial charge in [-0.05, 0) is 87.9 Å². The Labute approximate surface area is 376 Å². The van der Waals surface area contributed by atoms with Crippen molar-refractivity contribution in [1.82, 2.24) is 19.5 Å². The Morgan fingerprint density at radius 2 is 1.05 bits per heavy atom. The predicted octanol–water partition coefficient (Wildman–Crippen LogP) is 16.2. The lowest BCUT2D eigenvalue weighted by atomic mass is 9.93. The van der Waals surface area contributed by atoms with E-state index in [9.17, 15) is 0 Å². The largest absolute Gasteiger partial charge is 0.455 e. The summed E-state index contributed by atoms with van der Waals surface area (Å²) in [5, 5.41) is 11.5. The van der Waals surface area contributed by atoms with Crippen molar-refractivity contribution in [3.05, 3.63) is 206 Å². The van der Waals surface area contributed by atoms with Crippen molar-refractivity contribution in [2.24, 2.45) is 0 Å². The fraction of sp³-hybridized carbons (Fsp3) is 0. The van der Waals surface area contributed by atoms with E-state index in [1.54, 1.807) is 11.3 Å². The second kappa shape index (κ2) is 14.0. The van der Waals surface area contributed by atoms with Crippen LogP contribution in [-0.4, -0.2) is 19.5 Å². The Morgan fingerprint density at radius 1 is 0.369 bits per heavy atom. The molecule has 10 aromatic carbocycles. The van der Waals surface area contributed by atoms with E-state index < -0.39 is 0 Å². The molecule has 0 spiro atoms. The van der Waals surface area contributed by atoms with Gasteiger partial charge in [-0.3, -0.25) is 0 Å². The molecule has 0 bridgehead atoms. The van der Waals surface area contributed by atoms with Crippen LogP contribution in [0.4, 0.5) is 0 Å². The van der Waals surface area contributed by atoms with Gasteiger partial charge in [0.1, 0.15) is 11.2 Å². The zero-order chi connectivity index (χ0) is 42.6. The molecule has 0 aliphatic rings. The average molecular weight is 847 g/mol. The SMILES string of the molecule is c1ccc(-c2nc(-c3ccc(-n4c5ccccc5c5cc6ccccc6cc54)cc3-c3cccc4oc5c6ccccc6ccc5c34)nc(-c3cccc4sc5ccccc5c34)n2)cc1. The van der Waals surface area contributed by atoms with Crippen LogP contribution in [-0.2, 0) is 0 Å². The van der Waals surface area contributed by atoms with Crippen LogP contribution < -0.4 is 0 Å². The van der Waals surface area contributed by atoms with Crippen LogP contribution in [0.15, 0.2) is 211 Å². The monoisotopic (exact) mass is 846 g/mol. The number of furan rings is 1. The number of aromatic nitrogens is 4. The smallest absolute Gasteiger partial charge is 0.164 e. The molecule has 4 aromatic heterocycles. The highest BCUT2D eigenvalue weighted by Crippen LogP contribution is 2.45. The topological polar surface area (TPSA) is 56.7 Å². The predicted molar refractivity (Wildman–Crippen MR) is 271 cm³/mol. The van der Waals surface area contributed by atoms with Crippen LogP contribution in [0.25, 0.3) is 136 Å². The molecule has 5 nitrogen and oxygen atoms in total. The van der Waals surface area contributed by atoms with Crippen molar-refractivity contribution < 1.29 is 4.42 Å². The summed E-state index contributed by atoms with van der Waals surface area (Å²) >= 11 is 1.79. The standard InChI is InChI=1S/C59H34N4OS/c1-2-15-36(16-3-1)57-60-58(62-59(61-57)46-23-13-27-53-55(46)44-21-9-11-26-52(44)65-53)43-31-29-39(63-49-24-10-8-20-41(49)48-32-37-17-4-5-18-38(37)33-50(48)63)34-47(43)42-22-12-25-51-54(42)45-30-28-35-14-6-7-19-40(35)56(45)64-51/h1-34H. The number of nitrogens with zero attached hydrogens (tertiary/aromatic N) is 4. The van der Waals surface area contributed by atoms with Crippen molar-refractivity contribution in [1.29, 1.82) is 0 Å². The number of thiophene rings is 1. The molecule has 0 saturated carbocycles. The molecule has 4 heterocycles. The van der Waals surface area contributed by atoms with E-state index in [2.05, 4.69) is 193 Å². The highest BCUT2D eigenvalue weighted by molar-refractivity contribution is 7.25. The van der Waals surface area contributed by atoms with E-state index in [1.807, 2.05) is 18.2 Å². The maximum absolute atomic E-state index is 6.81. The second-order valence-electron chi connectivity index (χ2n) is 16.7. The maximum atomic E-state index is 6.81. The zero-order valence-electron chi connectivity index (χ0n) is 34.7. The van der Waals surface area contributed by atoms with Crippen molar-refractivity contribution in [2.45, 2.75) is 0 Å². The van der Waals surface area contributed by atoms with Crippen LogP contribution in [0.2, 0.25) is 0 Å². The number of hydrogen-bond acceptors (Lipinski definition) is 5. The Morgan fingerprint density at radius 3 is 1.92 bits per heavy atom. The molecule has 0 amide bonds. The summed E-state index contributed by atoms with van der Waals surface area (Å²) in [5.41, 5.74) is 9.84. The van der Waals surface area contributed by atoms with Crippen LogP contribution in [0, 0.1) is 0 Å². The third-order valence-electron chi connectivity index (χ3n) is 13.0. The third-order valence-corrected chi connectivity index (χ3v) is 14.2. The number of benzene rings is 10. The van der Waals surface area contributed by atoms with E-state index in [0.717, 1.165) is 82.6 Å². The van der Waals surface area contributed by atoms with Gasteiger partial charge in [0.15, 0.2) is 17.5 Å². The molecule has 65 heavy (non-hydrogen) atoms. The van der Waals surface area contributed by atoms with Crippen LogP contribution in [0.5, 0.6) is 0 Å². The zero-order valence-corrected chi connectivity index (χ0v) is 35.6. The normalized spacial score (nSPS) is 12.0. The molecular formula is C59H34N4OS. The molecule has 14 aromatic rings. The molecule has 14 rings (SSSR count). The van der Waals surface area contributed by atoms with Gasteiger partial charge in [-0.15, -0.1) is 11.3 Å². The molecule has 0 radical (unpaired) electrons. The average Bonchev–Trinajstić information content (AvgIpc) is 4.05. The first-order chi connectivity index (χ1) is 32.2. The lowest BCUT2D eigenvalue weighted by molar-refractivity contribution is 0.673. The van der Waals surface area contributed by atoms with Gasteiger partial charge in [-0.25, -0.2) is 15.0 Å². The van der Waals surface area contributed by atoms with Gasteiger partial charge >= 0.3 is 0 Å². The number of fused-ring (bicyclic) bond motifs is 12. The highest BCUT2D eigenvalue weighted by Gasteiger charge is 2.23. The van der Waals surface area contributed by atoms with E-state index in [1.165, 1.54) is 36.3 Å². The first-order valence-electron chi connectivity index (χ1n) is 21.8. The van der Waals surface area contributed by atoms with Crippen molar-refractivity contribution in [3.8, 4) is 51.0 Å². The van der Waals surface area contributed by atoms with Gasteiger partial charge in [0.2, 0.25) is 0 Å². The lowest BCUT2D eigenvalue weighted by Gasteiger charge is -2.16. The summed E-state index contributed by atoms with van der Waals surface area (Å²) in [4.78, 5) is 16.1. The molecule has 0 fully saturated rings. The summed E-state index contributed by atoms with van der Waals surface area (Å²) in [6, 6.07) is 73.3. The van der Waals surface area contributed by atoms with Gasteiger partial charge in [-0.1, -0.05) is 146 Å². The molecule has 0 aliphatic heterocycles. The Bertz CT molecular complexity index is 4260. The molecule has 302 valence electrons. The molecular weight excluding hydrogens is 813 g/mol. The molecule has 0 N–H and O–H groups in total. The Balaban J connectivity index is 1.09. The number of rotatable bonds is 5. The van der Waals surface area contributed by atoms with Crippen molar-refractivity contribution in [3.63, 3.8) is 0 Å². The molecule has 6 heteroatoms. The van der Waals surface area contributed by atoms with Crippen LogP contribution >= 0.6 is 11.3 Å². The second-order valence-corrected chi connectivity index (χ2v) is 17.8. The minimum atomic E-state index is 0.593. The quantitative estimate of drug-likeness (QED) is 0.173. The summed E-state index contributed by atoms with van der Waals surface area (Å²) in [5.74, 6) is 1.84. The van der Waals surface area contributed by atoms with Gasteiger partial charge in [0.05, 0.1) is 11.0 Å². The van der Waals surface area contributed by atoms with Gasteiger partial charge in [-0.2, -0.15) is 0 Å². The fourth-order valence-electron chi connectivity index (χ4n) is 10.1. The summed E-state index contributed by atoms with van der Waals surface area (Å²) in [7, 11) is 0. The molecule has 0 saturated heterocycles. The van der Waals surface area contributed by atoms with Gasteiger partial charge < -0.3 is 8.98 Å². The first kappa shape index (κ1) is 36.1. The highest BCUT2D eigenvalue weighted by atomic mass is 32.1. The summed E-state index contributed by atoms with van der Waals surface area (Å²) in [6.07, 6.45) is 0. The first-order valence-corrected chi connectivity index (χ1v) is 22.7. The minimum Gasteiger partial charge on any atom is -0.455 e. The van der Waals surface area contributed by atoms with Gasteiger partial charge in [0, 0.05) is 69.5 Å².